The molecule has 2 N–H and O–H groups in total. The van der Waals surface area contributed by atoms with Crippen LogP contribution in [0.4, 0.5) is 5.69 Å². The average molecular weight is 280 g/mol. The van der Waals surface area contributed by atoms with Crippen molar-refractivity contribution in [1.82, 2.24) is 5.32 Å². The molecule has 1 rings (SSSR count). The first-order valence-corrected chi connectivity index (χ1v) is 6.00. The van der Waals surface area contributed by atoms with Crippen LogP contribution in [0.2, 0.25) is 0 Å². The van der Waals surface area contributed by atoms with Gasteiger partial charge >= 0.3 is 5.97 Å². The minimum atomic E-state index is -1.48. The molecule has 1 aromatic carbocycles. The molecular formula is C13H16N2O5. The highest BCUT2D eigenvalue weighted by molar-refractivity contribution is 6.00. The zero-order chi connectivity index (χ0) is 15.3. The second kappa shape index (κ2) is 6.14. The van der Waals surface area contributed by atoms with Crippen LogP contribution in [0, 0.1) is 15.5 Å². The van der Waals surface area contributed by atoms with Gasteiger partial charge in [0.25, 0.3) is 5.69 Å². The number of benzene rings is 1. The number of amides is 1. The van der Waals surface area contributed by atoms with E-state index in [1.54, 1.807) is 12.1 Å². The monoisotopic (exact) mass is 280 g/mol. The van der Waals surface area contributed by atoms with Crippen LogP contribution >= 0.6 is 0 Å². The molecule has 0 atom stereocenters. The van der Waals surface area contributed by atoms with E-state index in [1.165, 1.54) is 26.0 Å². The number of nitro groups is 1. The van der Waals surface area contributed by atoms with Crippen LogP contribution in [0.3, 0.4) is 0 Å². The van der Waals surface area contributed by atoms with Gasteiger partial charge in [-0.3, -0.25) is 19.7 Å². The molecule has 0 aliphatic carbocycles. The number of nitro benzene ring substituents is 1. The van der Waals surface area contributed by atoms with Crippen LogP contribution in [-0.2, 0) is 16.0 Å². The van der Waals surface area contributed by atoms with Crippen LogP contribution in [0.1, 0.15) is 19.4 Å². The number of aliphatic carboxylic acids is 1. The minimum absolute atomic E-state index is 0.00444. The third-order valence-corrected chi connectivity index (χ3v) is 2.95. The summed E-state index contributed by atoms with van der Waals surface area (Å²) < 4.78 is 0. The van der Waals surface area contributed by atoms with Crippen molar-refractivity contribution in [3.05, 3.63) is 39.9 Å². The zero-order valence-electron chi connectivity index (χ0n) is 11.3. The number of carbonyl (C=O) groups excluding carboxylic acids is 1. The Kier molecular flexibility index (Phi) is 4.79. The van der Waals surface area contributed by atoms with Gasteiger partial charge in [0.05, 0.1) is 4.92 Å². The summed E-state index contributed by atoms with van der Waals surface area (Å²) in [6.45, 7) is 2.93. The summed E-state index contributed by atoms with van der Waals surface area (Å²) in [5, 5.41) is 21.9. The molecule has 0 aliphatic heterocycles. The van der Waals surface area contributed by atoms with Gasteiger partial charge in [0.2, 0.25) is 5.91 Å². The lowest BCUT2D eigenvalue weighted by Crippen LogP contribution is -2.42. The highest BCUT2D eigenvalue weighted by atomic mass is 16.6. The summed E-state index contributed by atoms with van der Waals surface area (Å²) in [4.78, 5) is 32.5. The summed E-state index contributed by atoms with van der Waals surface area (Å²) in [6, 6.07) is 5.98. The Hall–Kier alpha value is -2.44. The Morgan fingerprint density at radius 3 is 2.30 bits per heavy atom. The van der Waals surface area contributed by atoms with Crippen LogP contribution in [-0.4, -0.2) is 28.5 Å². The number of carboxylic acid groups (broad SMARTS) is 1. The molecule has 0 aliphatic rings. The number of carbonyl (C=O) groups is 2. The summed E-state index contributed by atoms with van der Waals surface area (Å²) >= 11 is 0. The van der Waals surface area contributed by atoms with E-state index in [9.17, 15) is 19.7 Å². The fraction of sp³-hybridized carbons (Fsp3) is 0.385. The van der Waals surface area contributed by atoms with E-state index in [0.29, 0.717) is 6.42 Å². The van der Waals surface area contributed by atoms with E-state index in [0.717, 1.165) is 5.56 Å². The Bertz CT molecular complexity index is 522. The van der Waals surface area contributed by atoms with Crippen molar-refractivity contribution in [3.63, 3.8) is 0 Å². The second-order valence-electron chi connectivity index (χ2n) is 4.86. The van der Waals surface area contributed by atoms with E-state index in [4.69, 9.17) is 5.11 Å². The molecule has 0 heterocycles. The summed E-state index contributed by atoms with van der Waals surface area (Å²) in [6.07, 6.45) is 0.472. The summed E-state index contributed by atoms with van der Waals surface area (Å²) in [5.74, 6) is -1.75. The number of hydrogen-bond donors (Lipinski definition) is 2. The van der Waals surface area contributed by atoms with Gasteiger partial charge in [-0.1, -0.05) is 12.1 Å². The number of non-ortho nitro benzene ring substituents is 1. The largest absolute Gasteiger partial charge is 0.480 e. The van der Waals surface area contributed by atoms with E-state index >= 15 is 0 Å². The van der Waals surface area contributed by atoms with Gasteiger partial charge in [0.15, 0.2) is 0 Å². The second-order valence-corrected chi connectivity index (χ2v) is 4.86. The van der Waals surface area contributed by atoms with Gasteiger partial charge in [-0.25, -0.2) is 0 Å². The number of hydrogen-bond acceptors (Lipinski definition) is 4. The first-order valence-electron chi connectivity index (χ1n) is 6.00. The number of nitrogens with zero attached hydrogens (tertiary/aromatic N) is 1. The van der Waals surface area contributed by atoms with Crippen LogP contribution in [0.15, 0.2) is 24.3 Å². The van der Waals surface area contributed by atoms with Crippen LogP contribution in [0.5, 0.6) is 0 Å². The van der Waals surface area contributed by atoms with Gasteiger partial charge in [-0.2, -0.15) is 0 Å². The molecule has 0 saturated heterocycles. The lowest BCUT2D eigenvalue weighted by molar-refractivity contribution is -0.384. The van der Waals surface area contributed by atoms with E-state index in [2.05, 4.69) is 5.32 Å². The third-order valence-electron chi connectivity index (χ3n) is 2.95. The lowest BCUT2D eigenvalue weighted by atomic mass is 9.92. The fourth-order valence-corrected chi connectivity index (χ4v) is 1.42. The molecule has 0 unspecified atom stereocenters. The van der Waals surface area contributed by atoms with E-state index in [-0.39, 0.29) is 12.2 Å². The number of rotatable bonds is 6. The predicted octanol–water partition coefficient (Wildman–Crippen LogP) is 1.36. The van der Waals surface area contributed by atoms with E-state index in [1.807, 2.05) is 0 Å². The highest BCUT2D eigenvalue weighted by Crippen LogP contribution is 2.15. The fourth-order valence-electron chi connectivity index (χ4n) is 1.42. The van der Waals surface area contributed by atoms with Crippen molar-refractivity contribution in [2.75, 3.05) is 6.54 Å². The molecule has 0 bridgehead atoms. The van der Waals surface area contributed by atoms with Gasteiger partial charge < -0.3 is 10.4 Å². The smallest absolute Gasteiger partial charge is 0.318 e. The Balaban J connectivity index is 2.51. The maximum absolute atomic E-state index is 11.7. The SMILES string of the molecule is CC(C)(C(=O)O)C(=O)NCCc1ccc([N+](=O)[O-])cc1. The van der Waals surface area contributed by atoms with E-state index < -0.39 is 22.2 Å². The molecule has 7 heteroatoms. The Morgan fingerprint density at radius 2 is 1.85 bits per heavy atom. The number of nitrogens with one attached hydrogen (secondary N) is 1. The van der Waals surface area contributed by atoms with Crippen molar-refractivity contribution in [2.24, 2.45) is 5.41 Å². The van der Waals surface area contributed by atoms with Gasteiger partial charge in [0.1, 0.15) is 5.41 Å². The van der Waals surface area contributed by atoms with Crippen LogP contribution < -0.4 is 5.32 Å². The molecular weight excluding hydrogens is 264 g/mol. The topological polar surface area (TPSA) is 110 Å². The third kappa shape index (κ3) is 3.78. The summed E-state index contributed by atoms with van der Waals surface area (Å²) in [5.41, 5.74) is -0.649. The minimum Gasteiger partial charge on any atom is -0.480 e. The maximum Gasteiger partial charge on any atom is 0.318 e. The van der Waals surface area contributed by atoms with Crippen molar-refractivity contribution >= 4 is 17.6 Å². The lowest BCUT2D eigenvalue weighted by Gasteiger charge is -2.18. The molecule has 1 aromatic rings. The number of carboxylic acids is 1. The maximum atomic E-state index is 11.7. The van der Waals surface area contributed by atoms with Gasteiger partial charge in [-0.05, 0) is 25.8 Å². The molecule has 0 spiro atoms. The molecule has 1 amide bonds. The quantitative estimate of drug-likeness (QED) is 0.464. The molecule has 0 aromatic heterocycles. The standard InChI is InChI=1S/C13H16N2O5/c1-13(2,12(17)18)11(16)14-8-7-9-3-5-10(6-4-9)15(19)20/h3-6H,7-8H2,1-2H3,(H,14,16)(H,17,18). The first-order chi connectivity index (χ1) is 9.25. The molecule has 0 saturated carbocycles. The van der Waals surface area contributed by atoms with Crippen molar-refractivity contribution in [1.29, 1.82) is 0 Å². The first kappa shape index (κ1) is 15.6. The van der Waals surface area contributed by atoms with Crippen molar-refractivity contribution < 1.29 is 19.6 Å². The molecule has 0 fully saturated rings. The summed E-state index contributed by atoms with van der Waals surface area (Å²) in [7, 11) is 0. The van der Waals surface area contributed by atoms with Crippen molar-refractivity contribution in [3.8, 4) is 0 Å². The molecule has 0 radical (unpaired) electrons. The zero-order valence-corrected chi connectivity index (χ0v) is 11.3. The molecule has 20 heavy (non-hydrogen) atoms. The van der Waals surface area contributed by atoms with Gasteiger partial charge in [0, 0.05) is 18.7 Å². The average Bonchev–Trinajstić information content (AvgIpc) is 2.38. The predicted molar refractivity (Wildman–Crippen MR) is 71.2 cm³/mol. The van der Waals surface area contributed by atoms with Crippen molar-refractivity contribution in [2.45, 2.75) is 20.3 Å². The molecule has 108 valence electrons. The normalized spacial score (nSPS) is 10.9. The van der Waals surface area contributed by atoms with Gasteiger partial charge in [-0.15, -0.1) is 0 Å². The Labute approximate surface area is 115 Å². The Morgan fingerprint density at radius 1 is 1.30 bits per heavy atom. The van der Waals surface area contributed by atoms with Crippen LogP contribution in [0.25, 0.3) is 0 Å². The molecule has 7 nitrogen and oxygen atoms in total. The highest BCUT2D eigenvalue weighted by Gasteiger charge is 2.35.